The first-order valence-electron chi connectivity index (χ1n) is 7.54. The SMILES string of the molecule is CCc1nn(C)cc1C1C(C(=O)O)CCCC(=O)N1CC. The molecule has 1 amide bonds. The minimum Gasteiger partial charge on any atom is -0.481 e. The van der Waals surface area contributed by atoms with Crippen LogP contribution in [0.3, 0.4) is 0 Å². The van der Waals surface area contributed by atoms with E-state index in [1.165, 1.54) is 0 Å². The number of nitrogens with zero attached hydrogens (tertiary/aromatic N) is 3. The van der Waals surface area contributed by atoms with E-state index in [9.17, 15) is 14.7 Å². The van der Waals surface area contributed by atoms with E-state index in [-0.39, 0.29) is 5.91 Å². The zero-order chi connectivity index (χ0) is 15.6. The maximum absolute atomic E-state index is 12.3. The van der Waals surface area contributed by atoms with Gasteiger partial charge in [-0.15, -0.1) is 0 Å². The average Bonchev–Trinajstić information content (AvgIpc) is 2.72. The summed E-state index contributed by atoms with van der Waals surface area (Å²) in [6, 6.07) is -0.411. The van der Waals surface area contributed by atoms with Gasteiger partial charge in [-0.3, -0.25) is 14.3 Å². The molecule has 0 bridgehead atoms. The molecule has 0 radical (unpaired) electrons. The molecule has 0 spiro atoms. The monoisotopic (exact) mass is 293 g/mol. The van der Waals surface area contributed by atoms with E-state index in [1.807, 2.05) is 27.1 Å². The number of aromatic nitrogens is 2. The quantitative estimate of drug-likeness (QED) is 0.917. The first kappa shape index (κ1) is 15.5. The van der Waals surface area contributed by atoms with Crippen LogP contribution in [-0.4, -0.2) is 38.2 Å². The Bertz CT molecular complexity index is 536. The highest BCUT2D eigenvalue weighted by Gasteiger charge is 2.39. The molecule has 116 valence electrons. The number of carboxylic acid groups (broad SMARTS) is 1. The van der Waals surface area contributed by atoms with E-state index in [4.69, 9.17) is 0 Å². The molecule has 2 unspecified atom stereocenters. The molecular formula is C15H23N3O3. The summed E-state index contributed by atoms with van der Waals surface area (Å²) in [5, 5.41) is 14.0. The number of hydrogen-bond donors (Lipinski definition) is 1. The summed E-state index contributed by atoms with van der Waals surface area (Å²) in [4.78, 5) is 25.7. The summed E-state index contributed by atoms with van der Waals surface area (Å²) in [6.45, 7) is 4.42. The van der Waals surface area contributed by atoms with E-state index in [2.05, 4.69) is 5.10 Å². The molecular weight excluding hydrogens is 270 g/mol. The van der Waals surface area contributed by atoms with E-state index in [0.29, 0.717) is 25.8 Å². The Labute approximate surface area is 124 Å². The van der Waals surface area contributed by atoms with Crippen molar-refractivity contribution < 1.29 is 14.7 Å². The Morgan fingerprint density at radius 1 is 1.48 bits per heavy atom. The van der Waals surface area contributed by atoms with Crippen molar-refractivity contribution >= 4 is 11.9 Å². The molecule has 21 heavy (non-hydrogen) atoms. The van der Waals surface area contributed by atoms with Crippen LogP contribution in [0.5, 0.6) is 0 Å². The molecule has 1 aliphatic heterocycles. The minimum atomic E-state index is -0.834. The van der Waals surface area contributed by atoms with E-state index in [1.54, 1.807) is 9.58 Å². The Kier molecular flexibility index (Phi) is 4.65. The van der Waals surface area contributed by atoms with Gasteiger partial charge in [-0.1, -0.05) is 6.92 Å². The molecule has 1 N–H and O–H groups in total. The van der Waals surface area contributed by atoms with Gasteiger partial charge in [0.25, 0.3) is 0 Å². The van der Waals surface area contributed by atoms with Crippen LogP contribution >= 0.6 is 0 Å². The predicted octanol–water partition coefficient (Wildman–Crippen LogP) is 1.76. The maximum atomic E-state index is 12.3. The first-order valence-corrected chi connectivity index (χ1v) is 7.54. The molecule has 1 fully saturated rings. The van der Waals surface area contributed by atoms with Crippen LogP contribution in [0.15, 0.2) is 6.20 Å². The molecule has 1 aromatic heterocycles. The predicted molar refractivity (Wildman–Crippen MR) is 77.7 cm³/mol. The summed E-state index contributed by atoms with van der Waals surface area (Å²) in [7, 11) is 1.83. The van der Waals surface area contributed by atoms with Crippen molar-refractivity contribution in [3.8, 4) is 0 Å². The average molecular weight is 293 g/mol. The second-order valence-electron chi connectivity index (χ2n) is 5.52. The van der Waals surface area contributed by atoms with Crippen LogP contribution < -0.4 is 0 Å². The molecule has 2 heterocycles. The lowest BCUT2D eigenvalue weighted by atomic mass is 9.89. The van der Waals surface area contributed by atoms with Gasteiger partial charge >= 0.3 is 5.97 Å². The summed E-state index contributed by atoms with van der Waals surface area (Å²) < 4.78 is 1.70. The third-order valence-corrected chi connectivity index (χ3v) is 4.19. The summed E-state index contributed by atoms with van der Waals surface area (Å²) in [6.07, 6.45) is 4.17. The summed E-state index contributed by atoms with van der Waals surface area (Å²) in [5.41, 5.74) is 1.76. The second-order valence-corrected chi connectivity index (χ2v) is 5.52. The topological polar surface area (TPSA) is 75.4 Å². The Morgan fingerprint density at radius 3 is 2.76 bits per heavy atom. The van der Waals surface area contributed by atoms with Crippen LogP contribution in [-0.2, 0) is 23.1 Å². The molecule has 0 aromatic carbocycles. The molecule has 6 heteroatoms. The lowest BCUT2D eigenvalue weighted by molar-refractivity contribution is -0.146. The highest BCUT2D eigenvalue weighted by Crippen LogP contribution is 2.37. The van der Waals surface area contributed by atoms with Crippen LogP contribution in [0.2, 0.25) is 0 Å². The number of carboxylic acids is 1. The number of carbonyl (C=O) groups excluding carboxylic acids is 1. The fourth-order valence-electron chi connectivity index (χ4n) is 3.24. The van der Waals surface area contributed by atoms with Crippen molar-refractivity contribution in [3.05, 3.63) is 17.5 Å². The zero-order valence-corrected chi connectivity index (χ0v) is 12.9. The minimum absolute atomic E-state index is 0.0390. The second kappa shape index (κ2) is 6.28. The standard InChI is InChI=1S/C15H23N3O3/c1-4-12-11(9-17(3)16-12)14-10(15(20)21)7-6-8-13(19)18(14)5-2/h9-10,14H,4-8H2,1-3H3,(H,20,21). The highest BCUT2D eigenvalue weighted by atomic mass is 16.4. The van der Waals surface area contributed by atoms with Crippen molar-refractivity contribution in [2.75, 3.05) is 6.54 Å². The number of hydrogen-bond acceptors (Lipinski definition) is 3. The molecule has 0 saturated carbocycles. The van der Waals surface area contributed by atoms with Crippen molar-refractivity contribution in [2.45, 2.75) is 45.6 Å². The number of likely N-dealkylation sites (tertiary alicyclic amines) is 1. The molecule has 1 saturated heterocycles. The Balaban J connectivity index is 2.53. The smallest absolute Gasteiger partial charge is 0.308 e. The lowest BCUT2D eigenvalue weighted by Gasteiger charge is -2.32. The molecule has 2 atom stereocenters. The van der Waals surface area contributed by atoms with Gasteiger partial charge in [-0.2, -0.15) is 5.10 Å². The number of aryl methyl sites for hydroxylation is 2. The van der Waals surface area contributed by atoms with Crippen molar-refractivity contribution in [3.63, 3.8) is 0 Å². The third-order valence-electron chi connectivity index (χ3n) is 4.19. The van der Waals surface area contributed by atoms with Gasteiger partial charge in [0.1, 0.15) is 0 Å². The van der Waals surface area contributed by atoms with Crippen LogP contribution in [0.1, 0.15) is 50.4 Å². The van der Waals surface area contributed by atoms with Crippen LogP contribution in [0, 0.1) is 5.92 Å². The summed E-state index contributed by atoms with van der Waals surface area (Å²) in [5.74, 6) is -1.36. The highest BCUT2D eigenvalue weighted by molar-refractivity contribution is 5.79. The van der Waals surface area contributed by atoms with Crippen molar-refractivity contribution in [2.24, 2.45) is 13.0 Å². The van der Waals surface area contributed by atoms with Gasteiger partial charge in [0, 0.05) is 31.8 Å². The fourth-order valence-corrected chi connectivity index (χ4v) is 3.24. The van der Waals surface area contributed by atoms with Gasteiger partial charge < -0.3 is 10.0 Å². The Hall–Kier alpha value is -1.85. The van der Waals surface area contributed by atoms with Gasteiger partial charge in [0.05, 0.1) is 17.7 Å². The molecule has 0 aliphatic carbocycles. The number of aliphatic carboxylic acids is 1. The first-order chi connectivity index (χ1) is 9.99. The molecule has 1 aliphatic rings. The third kappa shape index (κ3) is 2.94. The number of rotatable bonds is 4. The van der Waals surface area contributed by atoms with Gasteiger partial charge in [0.15, 0.2) is 0 Å². The molecule has 6 nitrogen and oxygen atoms in total. The van der Waals surface area contributed by atoms with Crippen molar-refractivity contribution in [1.29, 1.82) is 0 Å². The van der Waals surface area contributed by atoms with Crippen molar-refractivity contribution in [1.82, 2.24) is 14.7 Å². The van der Waals surface area contributed by atoms with Crippen LogP contribution in [0.25, 0.3) is 0 Å². The van der Waals surface area contributed by atoms with Gasteiger partial charge in [0.2, 0.25) is 5.91 Å². The van der Waals surface area contributed by atoms with Gasteiger partial charge in [-0.25, -0.2) is 0 Å². The van der Waals surface area contributed by atoms with E-state index in [0.717, 1.165) is 17.7 Å². The largest absolute Gasteiger partial charge is 0.481 e. The Morgan fingerprint density at radius 2 is 2.19 bits per heavy atom. The fraction of sp³-hybridized carbons (Fsp3) is 0.667. The molecule has 2 rings (SSSR count). The number of amides is 1. The number of carbonyl (C=O) groups is 2. The van der Waals surface area contributed by atoms with E-state index < -0.39 is 17.9 Å². The maximum Gasteiger partial charge on any atom is 0.308 e. The molecule has 1 aromatic rings. The summed E-state index contributed by atoms with van der Waals surface area (Å²) >= 11 is 0. The van der Waals surface area contributed by atoms with E-state index >= 15 is 0 Å². The lowest BCUT2D eigenvalue weighted by Crippen LogP contribution is -2.39. The van der Waals surface area contributed by atoms with Gasteiger partial charge in [-0.05, 0) is 26.2 Å². The zero-order valence-electron chi connectivity index (χ0n) is 12.9. The normalized spacial score (nSPS) is 23.2. The van der Waals surface area contributed by atoms with Crippen LogP contribution in [0.4, 0.5) is 0 Å².